The molecule has 2 N–H and O–H groups in total. The van der Waals surface area contributed by atoms with Crippen molar-refractivity contribution in [1.29, 1.82) is 0 Å². The van der Waals surface area contributed by atoms with Gasteiger partial charge >= 0.3 is 0 Å². The van der Waals surface area contributed by atoms with Gasteiger partial charge in [0.2, 0.25) is 0 Å². The molecular weight excluding hydrogens is 189 g/mol. The van der Waals surface area contributed by atoms with Crippen molar-refractivity contribution in [2.75, 3.05) is 6.54 Å². The zero-order valence-electron chi connectivity index (χ0n) is 3.68. The Kier molecular flexibility index (Phi) is 3.12. The molecule has 2 heteroatoms. The van der Waals surface area contributed by atoms with Gasteiger partial charge in [-0.05, 0) is 25.3 Å². The van der Waals surface area contributed by atoms with Gasteiger partial charge in [0.05, 0.1) is 0 Å². The summed E-state index contributed by atoms with van der Waals surface area (Å²) >= 11 is 0. The predicted molar refractivity (Wildman–Crippen MR) is 37.2 cm³/mol. The Bertz CT molecular complexity index is 34.5. The Morgan fingerprint density at radius 2 is 2.00 bits per heavy atom. The molecule has 1 aliphatic rings. The largest absolute Gasteiger partial charge is 0.330 e. The highest BCUT2D eigenvalue weighted by Gasteiger charge is 2.17. The molecule has 6 heavy (non-hydrogen) atoms. The molecular formula is C4H10IN. The van der Waals surface area contributed by atoms with E-state index in [1.165, 1.54) is 12.8 Å². The highest BCUT2D eigenvalue weighted by Crippen LogP contribution is 2.26. The minimum atomic E-state index is 0. The van der Waals surface area contributed by atoms with Crippen LogP contribution in [0.2, 0.25) is 0 Å². The zero-order valence-corrected chi connectivity index (χ0v) is 6.01. The van der Waals surface area contributed by atoms with Crippen LogP contribution in [0.3, 0.4) is 0 Å². The third-order valence-electron chi connectivity index (χ3n) is 1.03. The average Bonchev–Trinajstić information content (AvgIpc) is 2.12. The quantitative estimate of drug-likeness (QED) is 0.625. The first kappa shape index (κ1) is 6.69. The zero-order chi connectivity index (χ0) is 3.70. The van der Waals surface area contributed by atoms with Crippen molar-refractivity contribution in [3.05, 3.63) is 0 Å². The summed E-state index contributed by atoms with van der Waals surface area (Å²) in [5.74, 6) is 0.912. The standard InChI is InChI=1S/C4H9N.HI/c5-3-4-1-2-4;/h4H,1-3,5H2;1H. The fourth-order valence-electron chi connectivity index (χ4n) is 0.354. The molecule has 1 fully saturated rings. The molecule has 0 atom stereocenters. The second-order valence-corrected chi connectivity index (χ2v) is 1.68. The summed E-state index contributed by atoms with van der Waals surface area (Å²) in [5.41, 5.74) is 5.23. The van der Waals surface area contributed by atoms with E-state index in [1.54, 1.807) is 0 Å². The maximum Gasteiger partial charge on any atom is -0.00489 e. The van der Waals surface area contributed by atoms with Crippen LogP contribution in [0.15, 0.2) is 0 Å². The Balaban J connectivity index is 0.000000250. The number of hydrogen-bond donors (Lipinski definition) is 1. The molecule has 0 aromatic carbocycles. The SMILES string of the molecule is I.NCC1CC1. The molecule has 0 aromatic rings. The van der Waals surface area contributed by atoms with Gasteiger partial charge in [-0.25, -0.2) is 0 Å². The molecule has 0 heterocycles. The van der Waals surface area contributed by atoms with E-state index < -0.39 is 0 Å². The minimum absolute atomic E-state index is 0. The van der Waals surface area contributed by atoms with E-state index in [4.69, 9.17) is 5.73 Å². The maximum absolute atomic E-state index is 5.23. The Hall–Kier alpha value is 0.690. The first-order chi connectivity index (χ1) is 2.43. The summed E-state index contributed by atoms with van der Waals surface area (Å²) in [6.45, 7) is 0.917. The fourth-order valence-corrected chi connectivity index (χ4v) is 0.354. The van der Waals surface area contributed by atoms with Crippen molar-refractivity contribution in [2.45, 2.75) is 12.8 Å². The Morgan fingerprint density at radius 3 is 2.00 bits per heavy atom. The Labute approximate surface area is 55.3 Å². The van der Waals surface area contributed by atoms with E-state index >= 15 is 0 Å². The van der Waals surface area contributed by atoms with E-state index in [0.29, 0.717) is 0 Å². The summed E-state index contributed by atoms with van der Waals surface area (Å²) in [5, 5.41) is 0. The van der Waals surface area contributed by atoms with E-state index in [-0.39, 0.29) is 24.0 Å². The lowest BCUT2D eigenvalue weighted by Gasteiger charge is -1.74. The van der Waals surface area contributed by atoms with Crippen LogP contribution >= 0.6 is 24.0 Å². The van der Waals surface area contributed by atoms with Crippen molar-refractivity contribution in [2.24, 2.45) is 11.7 Å². The predicted octanol–water partition coefficient (Wildman–Crippen LogP) is 0.973. The maximum atomic E-state index is 5.23. The van der Waals surface area contributed by atoms with Crippen LogP contribution in [0.1, 0.15) is 12.8 Å². The molecule has 0 bridgehead atoms. The van der Waals surface area contributed by atoms with Crippen LogP contribution in [0.4, 0.5) is 0 Å². The number of hydrogen-bond acceptors (Lipinski definition) is 1. The van der Waals surface area contributed by atoms with E-state index in [2.05, 4.69) is 0 Å². The smallest absolute Gasteiger partial charge is 0.00489 e. The van der Waals surface area contributed by atoms with E-state index in [9.17, 15) is 0 Å². The summed E-state index contributed by atoms with van der Waals surface area (Å²) in [4.78, 5) is 0. The topological polar surface area (TPSA) is 26.0 Å². The van der Waals surface area contributed by atoms with Crippen molar-refractivity contribution < 1.29 is 0 Å². The van der Waals surface area contributed by atoms with Crippen molar-refractivity contribution in [3.8, 4) is 0 Å². The normalized spacial score (nSPS) is 19.5. The molecule has 0 saturated heterocycles. The van der Waals surface area contributed by atoms with Crippen LogP contribution in [0.5, 0.6) is 0 Å². The third kappa shape index (κ3) is 1.97. The van der Waals surface area contributed by atoms with Gasteiger partial charge in [0.25, 0.3) is 0 Å². The summed E-state index contributed by atoms with van der Waals surface area (Å²) in [7, 11) is 0. The van der Waals surface area contributed by atoms with Crippen LogP contribution in [0.25, 0.3) is 0 Å². The molecule has 38 valence electrons. The number of halogens is 1. The van der Waals surface area contributed by atoms with Crippen LogP contribution in [0, 0.1) is 5.92 Å². The summed E-state index contributed by atoms with van der Waals surface area (Å²) in [6.07, 6.45) is 2.77. The van der Waals surface area contributed by atoms with Gasteiger partial charge in [-0.15, -0.1) is 24.0 Å². The minimum Gasteiger partial charge on any atom is -0.330 e. The van der Waals surface area contributed by atoms with Crippen molar-refractivity contribution >= 4 is 24.0 Å². The van der Waals surface area contributed by atoms with Gasteiger partial charge in [-0.2, -0.15) is 0 Å². The highest BCUT2D eigenvalue weighted by atomic mass is 127. The van der Waals surface area contributed by atoms with E-state index in [1.807, 2.05) is 0 Å². The van der Waals surface area contributed by atoms with Crippen LogP contribution in [-0.2, 0) is 0 Å². The van der Waals surface area contributed by atoms with Crippen molar-refractivity contribution in [1.82, 2.24) is 0 Å². The molecule has 0 aliphatic heterocycles. The lowest BCUT2D eigenvalue weighted by molar-refractivity contribution is 0.847. The van der Waals surface area contributed by atoms with E-state index in [0.717, 1.165) is 12.5 Å². The van der Waals surface area contributed by atoms with Gasteiger partial charge < -0.3 is 5.73 Å². The van der Waals surface area contributed by atoms with Gasteiger partial charge in [-0.3, -0.25) is 0 Å². The molecule has 0 spiro atoms. The first-order valence-electron chi connectivity index (χ1n) is 2.13. The average molecular weight is 199 g/mol. The molecule has 0 radical (unpaired) electrons. The second kappa shape index (κ2) is 2.80. The van der Waals surface area contributed by atoms with Gasteiger partial charge in [0.1, 0.15) is 0 Å². The summed E-state index contributed by atoms with van der Waals surface area (Å²) < 4.78 is 0. The lowest BCUT2D eigenvalue weighted by Crippen LogP contribution is -1.98. The number of rotatable bonds is 1. The monoisotopic (exact) mass is 199 g/mol. The van der Waals surface area contributed by atoms with Gasteiger partial charge in [0.15, 0.2) is 0 Å². The second-order valence-electron chi connectivity index (χ2n) is 1.68. The molecule has 0 unspecified atom stereocenters. The molecule has 1 saturated carbocycles. The summed E-state index contributed by atoms with van der Waals surface area (Å²) in [6, 6.07) is 0. The number of nitrogens with two attached hydrogens (primary N) is 1. The lowest BCUT2D eigenvalue weighted by atomic mass is 10.5. The van der Waals surface area contributed by atoms with Gasteiger partial charge in [0, 0.05) is 0 Å². The molecule has 1 nitrogen and oxygen atoms in total. The first-order valence-corrected chi connectivity index (χ1v) is 2.13. The molecule has 1 rings (SSSR count). The van der Waals surface area contributed by atoms with Crippen LogP contribution in [-0.4, -0.2) is 6.54 Å². The van der Waals surface area contributed by atoms with Gasteiger partial charge in [-0.1, -0.05) is 0 Å². The third-order valence-corrected chi connectivity index (χ3v) is 1.03. The van der Waals surface area contributed by atoms with Crippen LogP contribution < -0.4 is 5.73 Å². The molecule has 0 aromatic heterocycles. The highest BCUT2D eigenvalue weighted by molar-refractivity contribution is 14.0. The molecule has 0 amide bonds. The molecule has 1 aliphatic carbocycles. The van der Waals surface area contributed by atoms with Crippen molar-refractivity contribution in [3.63, 3.8) is 0 Å². The fraction of sp³-hybridized carbons (Fsp3) is 1.00. The Morgan fingerprint density at radius 1 is 1.50 bits per heavy atom.